The van der Waals surface area contributed by atoms with Crippen molar-refractivity contribution in [2.45, 2.75) is 58.8 Å². The van der Waals surface area contributed by atoms with Crippen molar-refractivity contribution in [3.8, 4) is 16.9 Å². The molecule has 0 saturated heterocycles. The van der Waals surface area contributed by atoms with Crippen LogP contribution in [0.1, 0.15) is 40.2 Å². The zero-order valence-electron chi connectivity index (χ0n) is 22.6. The topological polar surface area (TPSA) is 30.8 Å². The van der Waals surface area contributed by atoms with Crippen LogP contribution in [0.5, 0.6) is 5.75 Å². The molecule has 0 bridgehead atoms. The maximum atomic E-state index is 7.04. The number of rotatable bonds is 5. The standard InChI is InChI=1S/C32H37NO2Si/c1-21(2)27-20-34-31(33-27)26-18-16-22-12-8-10-14-24(22)29(26)30-25-15-11-9-13-23(25)17-19-28(30)35-36(6,7)32(3,4)5/h8-19,21,27H,20H2,1-7H3. The van der Waals surface area contributed by atoms with E-state index in [1.54, 1.807) is 0 Å². The van der Waals surface area contributed by atoms with Gasteiger partial charge in [0.2, 0.25) is 5.90 Å². The molecule has 1 unspecified atom stereocenters. The van der Waals surface area contributed by atoms with Gasteiger partial charge in [-0.2, -0.15) is 0 Å². The molecule has 3 nitrogen and oxygen atoms in total. The fourth-order valence-corrected chi connectivity index (χ4v) is 5.65. The van der Waals surface area contributed by atoms with Gasteiger partial charge in [0.05, 0.1) is 6.04 Å². The third-order valence-corrected chi connectivity index (χ3v) is 12.3. The summed E-state index contributed by atoms with van der Waals surface area (Å²) in [5.41, 5.74) is 3.30. The minimum Gasteiger partial charge on any atom is -0.543 e. The smallest absolute Gasteiger partial charge is 0.250 e. The average molecular weight is 496 g/mol. The second kappa shape index (κ2) is 9.08. The lowest BCUT2D eigenvalue weighted by Gasteiger charge is -2.37. The molecular formula is C32H37NO2Si. The van der Waals surface area contributed by atoms with Gasteiger partial charge in [-0.15, -0.1) is 0 Å². The summed E-state index contributed by atoms with van der Waals surface area (Å²) < 4.78 is 13.3. The highest BCUT2D eigenvalue weighted by Gasteiger charge is 2.40. The van der Waals surface area contributed by atoms with Crippen molar-refractivity contribution in [3.05, 3.63) is 78.4 Å². The van der Waals surface area contributed by atoms with Gasteiger partial charge >= 0.3 is 0 Å². The van der Waals surface area contributed by atoms with Gasteiger partial charge in [-0.3, -0.25) is 0 Å². The lowest BCUT2D eigenvalue weighted by molar-refractivity contribution is 0.292. The van der Waals surface area contributed by atoms with Crippen molar-refractivity contribution in [1.29, 1.82) is 0 Å². The molecule has 1 atom stereocenters. The predicted octanol–water partition coefficient (Wildman–Crippen LogP) is 8.85. The van der Waals surface area contributed by atoms with E-state index >= 15 is 0 Å². The molecule has 0 N–H and O–H groups in total. The number of nitrogens with zero attached hydrogens (tertiary/aromatic N) is 1. The number of hydrogen-bond acceptors (Lipinski definition) is 3. The van der Waals surface area contributed by atoms with Gasteiger partial charge in [0.1, 0.15) is 12.4 Å². The maximum Gasteiger partial charge on any atom is 0.250 e. The van der Waals surface area contributed by atoms with Gasteiger partial charge in [0, 0.05) is 16.7 Å². The van der Waals surface area contributed by atoms with Gasteiger partial charge in [-0.1, -0.05) is 95.3 Å². The first-order valence-corrected chi connectivity index (χ1v) is 15.9. The van der Waals surface area contributed by atoms with Crippen LogP contribution in [0.25, 0.3) is 32.7 Å². The summed E-state index contributed by atoms with van der Waals surface area (Å²) in [4.78, 5) is 5.04. The molecule has 0 spiro atoms. The van der Waals surface area contributed by atoms with Gasteiger partial charge in [0.25, 0.3) is 8.32 Å². The Morgan fingerprint density at radius 3 is 2.00 bits per heavy atom. The van der Waals surface area contributed by atoms with Crippen LogP contribution in [0.15, 0.2) is 77.8 Å². The Kier molecular flexibility index (Phi) is 6.20. The summed E-state index contributed by atoms with van der Waals surface area (Å²) in [7, 11) is -2.10. The van der Waals surface area contributed by atoms with E-state index in [9.17, 15) is 0 Å². The van der Waals surface area contributed by atoms with Crippen LogP contribution in [0.2, 0.25) is 18.1 Å². The largest absolute Gasteiger partial charge is 0.543 e. The highest BCUT2D eigenvalue weighted by Crippen LogP contribution is 2.46. The molecule has 0 aliphatic carbocycles. The van der Waals surface area contributed by atoms with E-state index in [4.69, 9.17) is 14.2 Å². The van der Waals surface area contributed by atoms with Crippen LogP contribution in [0.3, 0.4) is 0 Å². The fraction of sp³-hybridized carbons (Fsp3) is 0.344. The van der Waals surface area contributed by atoms with E-state index < -0.39 is 8.32 Å². The van der Waals surface area contributed by atoms with Gasteiger partial charge in [0.15, 0.2) is 0 Å². The van der Waals surface area contributed by atoms with Gasteiger partial charge in [-0.05, 0) is 57.7 Å². The summed E-state index contributed by atoms with van der Waals surface area (Å²) in [5, 5.41) is 4.85. The summed E-state index contributed by atoms with van der Waals surface area (Å²) in [6, 6.07) is 26.1. The van der Waals surface area contributed by atoms with E-state index in [1.165, 1.54) is 21.5 Å². The molecule has 0 radical (unpaired) electrons. The normalized spacial score (nSPS) is 16.4. The highest BCUT2D eigenvalue weighted by atomic mass is 28.4. The lowest BCUT2D eigenvalue weighted by atomic mass is 9.89. The number of aliphatic imine (C=N–C) groups is 1. The zero-order chi connectivity index (χ0) is 25.7. The molecule has 1 aliphatic heterocycles. The first-order chi connectivity index (χ1) is 17.1. The van der Waals surface area contributed by atoms with Crippen LogP contribution in [-0.2, 0) is 4.74 Å². The van der Waals surface area contributed by atoms with Gasteiger partial charge < -0.3 is 9.16 Å². The summed E-state index contributed by atoms with van der Waals surface area (Å²) >= 11 is 0. The number of fused-ring (bicyclic) bond motifs is 2. The van der Waals surface area contributed by atoms with Crippen molar-refractivity contribution in [2.24, 2.45) is 10.9 Å². The van der Waals surface area contributed by atoms with Crippen molar-refractivity contribution >= 4 is 35.8 Å². The molecule has 5 rings (SSSR count). The van der Waals surface area contributed by atoms with Crippen molar-refractivity contribution in [2.75, 3.05) is 6.61 Å². The summed E-state index contributed by atoms with van der Waals surface area (Å²) in [6.07, 6.45) is 0. The fourth-order valence-electron chi connectivity index (χ4n) is 4.62. The quantitative estimate of drug-likeness (QED) is 0.259. The monoisotopic (exact) mass is 495 g/mol. The molecule has 0 amide bonds. The van der Waals surface area contributed by atoms with Crippen molar-refractivity contribution in [1.82, 2.24) is 0 Å². The Hall–Kier alpha value is -3.11. The number of hydrogen-bond donors (Lipinski definition) is 0. The Bertz CT molecular complexity index is 1460. The highest BCUT2D eigenvalue weighted by molar-refractivity contribution is 6.74. The number of benzene rings is 4. The molecule has 186 valence electrons. The van der Waals surface area contributed by atoms with Crippen LogP contribution in [0, 0.1) is 5.92 Å². The molecule has 4 aromatic rings. The van der Waals surface area contributed by atoms with E-state index in [2.05, 4.69) is 121 Å². The molecule has 4 aromatic carbocycles. The third-order valence-electron chi connectivity index (χ3n) is 7.91. The Morgan fingerprint density at radius 2 is 1.42 bits per heavy atom. The van der Waals surface area contributed by atoms with E-state index in [0.29, 0.717) is 12.5 Å². The second-order valence-corrected chi connectivity index (χ2v) is 16.5. The van der Waals surface area contributed by atoms with Gasteiger partial charge in [-0.25, -0.2) is 4.99 Å². The zero-order valence-corrected chi connectivity index (χ0v) is 23.6. The van der Waals surface area contributed by atoms with Crippen LogP contribution >= 0.6 is 0 Å². The molecule has 1 aliphatic rings. The van der Waals surface area contributed by atoms with E-state index in [0.717, 1.165) is 28.3 Å². The van der Waals surface area contributed by atoms with Crippen molar-refractivity contribution in [3.63, 3.8) is 0 Å². The third kappa shape index (κ3) is 4.32. The average Bonchev–Trinajstić information content (AvgIpc) is 3.33. The predicted molar refractivity (Wildman–Crippen MR) is 156 cm³/mol. The maximum absolute atomic E-state index is 7.04. The minimum atomic E-state index is -2.10. The molecule has 36 heavy (non-hydrogen) atoms. The van der Waals surface area contributed by atoms with Crippen LogP contribution in [0.4, 0.5) is 0 Å². The molecule has 1 heterocycles. The molecule has 0 saturated carbocycles. The van der Waals surface area contributed by atoms with E-state index in [1.807, 2.05) is 0 Å². The number of ether oxygens (including phenoxy) is 1. The lowest BCUT2D eigenvalue weighted by Crippen LogP contribution is -2.44. The molecular weight excluding hydrogens is 458 g/mol. The minimum absolute atomic E-state index is 0.0840. The van der Waals surface area contributed by atoms with Crippen LogP contribution in [-0.4, -0.2) is 26.9 Å². The first kappa shape index (κ1) is 24.6. The molecule has 0 aromatic heterocycles. The molecule has 0 fully saturated rings. The second-order valence-electron chi connectivity index (χ2n) is 11.8. The molecule has 4 heteroatoms. The van der Waals surface area contributed by atoms with Crippen LogP contribution < -0.4 is 4.43 Å². The summed E-state index contributed by atoms with van der Waals surface area (Å²) in [5.74, 6) is 2.11. The Morgan fingerprint density at radius 1 is 0.833 bits per heavy atom. The Balaban J connectivity index is 1.85. The summed E-state index contributed by atoms with van der Waals surface area (Å²) in [6.45, 7) is 16.5. The first-order valence-electron chi connectivity index (χ1n) is 13.0. The Labute approximate surface area is 216 Å². The van der Waals surface area contributed by atoms with E-state index in [-0.39, 0.29) is 11.1 Å². The SMILES string of the molecule is CC(C)C1COC(c2ccc3ccccc3c2-c2c(O[Si](C)(C)C(C)(C)C)ccc3ccccc23)=N1. The van der Waals surface area contributed by atoms with Crippen molar-refractivity contribution < 1.29 is 9.16 Å².